The van der Waals surface area contributed by atoms with Crippen molar-refractivity contribution in [2.24, 2.45) is 0 Å². The van der Waals surface area contributed by atoms with E-state index in [9.17, 15) is 14.4 Å². The number of rotatable bonds is 14. The molecule has 4 heterocycles. The molecule has 11 heteroatoms. The molecule has 2 aliphatic heterocycles. The summed E-state index contributed by atoms with van der Waals surface area (Å²) in [4.78, 5) is 49.9. The molecule has 0 aromatic carbocycles. The summed E-state index contributed by atoms with van der Waals surface area (Å²) >= 11 is 6.82. The highest BCUT2D eigenvalue weighted by molar-refractivity contribution is 8.26. The van der Waals surface area contributed by atoms with E-state index in [4.69, 9.17) is 21.9 Å². The van der Waals surface area contributed by atoms with Crippen LogP contribution in [-0.2, 0) is 9.53 Å². The Morgan fingerprint density at radius 3 is 2.31 bits per heavy atom. The van der Waals surface area contributed by atoms with Crippen molar-refractivity contribution >= 4 is 57.8 Å². The second kappa shape index (κ2) is 16.1. The standard InChI is InChI=1S/C31H43N5O4S2/c1-3-5-6-7-8-9-10-11-12-14-18-36-29(38)25(42-31(36)41)23-24-27(32-26-16-13-15-17-35(26)28(24)37)33-19-21-34(22-20-33)30(39)40-4-2/h13,15-17,23H,3-12,14,18-22H2,1-2H3. The van der Waals surface area contributed by atoms with E-state index in [1.54, 1.807) is 41.1 Å². The Balaban J connectivity index is 1.43. The minimum atomic E-state index is -0.338. The highest BCUT2D eigenvalue weighted by Gasteiger charge is 2.33. The predicted molar refractivity (Wildman–Crippen MR) is 174 cm³/mol. The van der Waals surface area contributed by atoms with Crippen molar-refractivity contribution in [2.45, 2.75) is 78.1 Å². The van der Waals surface area contributed by atoms with Gasteiger partial charge in [0.05, 0.1) is 17.1 Å². The van der Waals surface area contributed by atoms with Crippen LogP contribution in [0.25, 0.3) is 11.7 Å². The molecule has 0 aliphatic carbocycles. The Morgan fingerprint density at radius 1 is 0.976 bits per heavy atom. The minimum absolute atomic E-state index is 0.156. The lowest BCUT2D eigenvalue weighted by Crippen LogP contribution is -2.49. The summed E-state index contributed by atoms with van der Waals surface area (Å²) in [5, 5.41) is 0. The van der Waals surface area contributed by atoms with Crippen molar-refractivity contribution in [2.75, 3.05) is 44.2 Å². The molecule has 0 atom stereocenters. The first-order chi connectivity index (χ1) is 20.4. The zero-order valence-electron chi connectivity index (χ0n) is 24.9. The number of anilines is 1. The fraction of sp³-hybridized carbons (Fsp3) is 0.581. The van der Waals surface area contributed by atoms with E-state index < -0.39 is 0 Å². The maximum absolute atomic E-state index is 13.7. The van der Waals surface area contributed by atoms with Crippen molar-refractivity contribution in [3.8, 4) is 0 Å². The molecule has 2 aliphatic rings. The van der Waals surface area contributed by atoms with Crippen LogP contribution in [0, 0.1) is 0 Å². The van der Waals surface area contributed by atoms with Crippen LogP contribution >= 0.6 is 24.0 Å². The predicted octanol–water partition coefficient (Wildman–Crippen LogP) is 6.10. The smallest absolute Gasteiger partial charge is 0.409 e. The van der Waals surface area contributed by atoms with E-state index in [0.717, 1.165) is 12.8 Å². The Bertz CT molecular complexity index is 1340. The molecule has 2 amide bonds. The molecule has 0 spiro atoms. The number of pyridine rings is 1. The maximum Gasteiger partial charge on any atom is 0.409 e. The molecule has 4 rings (SSSR count). The summed E-state index contributed by atoms with van der Waals surface area (Å²) < 4.78 is 7.17. The third kappa shape index (κ3) is 8.12. The van der Waals surface area contributed by atoms with Gasteiger partial charge in [-0.2, -0.15) is 0 Å². The third-order valence-corrected chi connectivity index (χ3v) is 9.12. The number of unbranched alkanes of at least 4 members (excludes halogenated alkanes) is 9. The quantitative estimate of drug-likeness (QED) is 0.144. The molecule has 0 radical (unpaired) electrons. The summed E-state index contributed by atoms with van der Waals surface area (Å²) in [5.41, 5.74) is 0.627. The van der Waals surface area contributed by atoms with Gasteiger partial charge >= 0.3 is 6.09 Å². The van der Waals surface area contributed by atoms with E-state index in [-0.39, 0.29) is 17.6 Å². The number of thiocarbonyl (C=S) groups is 1. The van der Waals surface area contributed by atoms with E-state index in [0.29, 0.717) is 65.6 Å². The molecule has 0 N–H and O–H groups in total. The van der Waals surface area contributed by atoms with Crippen molar-refractivity contribution in [1.82, 2.24) is 19.2 Å². The third-order valence-electron chi connectivity index (χ3n) is 7.74. The molecular formula is C31H43N5O4S2. The van der Waals surface area contributed by atoms with Gasteiger partial charge in [0.2, 0.25) is 0 Å². The number of carbonyl (C=O) groups is 2. The van der Waals surface area contributed by atoms with E-state index in [1.807, 2.05) is 11.0 Å². The Morgan fingerprint density at radius 2 is 1.64 bits per heavy atom. The number of carbonyl (C=O) groups excluding carboxylic acids is 2. The van der Waals surface area contributed by atoms with Crippen molar-refractivity contribution in [3.05, 3.63) is 45.2 Å². The average molecular weight is 614 g/mol. The fourth-order valence-electron chi connectivity index (χ4n) is 5.36. The fourth-order valence-corrected chi connectivity index (χ4v) is 6.65. The monoisotopic (exact) mass is 613 g/mol. The summed E-state index contributed by atoms with van der Waals surface area (Å²) in [5.74, 6) is 0.353. The average Bonchev–Trinajstić information content (AvgIpc) is 3.27. The topological polar surface area (TPSA) is 87.5 Å². The van der Waals surface area contributed by atoms with Crippen LogP contribution in [0.3, 0.4) is 0 Å². The van der Waals surface area contributed by atoms with Gasteiger partial charge in [-0.05, 0) is 31.6 Å². The molecule has 2 saturated heterocycles. The number of amides is 2. The highest BCUT2D eigenvalue weighted by Crippen LogP contribution is 2.34. The van der Waals surface area contributed by atoms with Crippen LogP contribution in [0.15, 0.2) is 34.1 Å². The molecule has 2 aromatic rings. The number of piperazine rings is 1. The van der Waals surface area contributed by atoms with Gasteiger partial charge in [-0.25, -0.2) is 9.78 Å². The summed E-state index contributed by atoms with van der Waals surface area (Å²) in [6, 6.07) is 5.40. The summed E-state index contributed by atoms with van der Waals surface area (Å²) in [6.07, 6.45) is 15.3. The van der Waals surface area contributed by atoms with Crippen molar-refractivity contribution in [3.63, 3.8) is 0 Å². The molecule has 228 valence electrons. The van der Waals surface area contributed by atoms with Crippen LogP contribution in [0.1, 0.15) is 83.6 Å². The molecule has 42 heavy (non-hydrogen) atoms. The second-order valence-corrected chi connectivity index (χ2v) is 12.4. The lowest BCUT2D eigenvalue weighted by Gasteiger charge is -2.35. The van der Waals surface area contributed by atoms with Gasteiger partial charge < -0.3 is 14.5 Å². The van der Waals surface area contributed by atoms with Crippen molar-refractivity contribution < 1.29 is 14.3 Å². The zero-order valence-corrected chi connectivity index (χ0v) is 26.5. The SMILES string of the molecule is CCCCCCCCCCCCN1C(=O)C(=Cc2c(N3CCN(C(=O)OCC)CC3)nc3ccccn3c2=O)SC1=S. The van der Waals surface area contributed by atoms with Crippen LogP contribution in [0.4, 0.5) is 10.6 Å². The van der Waals surface area contributed by atoms with Gasteiger partial charge in [0.1, 0.15) is 15.8 Å². The normalized spacial score (nSPS) is 16.7. The molecule has 0 bridgehead atoms. The van der Waals surface area contributed by atoms with Crippen LogP contribution in [-0.4, -0.2) is 74.8 Å². The molecule has 2 aromatic heterocycles. The molecule has 0 saturated carbocycles. The van der Waals surface area contributed by atoms with Crippen LogP contribution in [0.5, 0.6) is 0 Å². The number of thioether (sulfide) groups is 1. The largest absolute Gasteiger partial charge is 0.450 e. The summed E-state index contributed by atoms with van der Waals surface area (Å²) in [7, 11) is 0. The van der Waals surface area contributed by atoms with Gasteiger partial charge in [0.15, 0.2) is 0 Å². The first-order valence-corrected chi connectivity index (χ1v) is 16.6. The van der Waals surface area contributed by atoms with Gasteiger partial charge in [0, 0.05) is 38.9 Å². The number of hydrogen-bond donors (Lipinski definition) is 0. The first kappa shape index (κ1) is 32.0. The minimum Gasteiger partial charge on any atom is -0.450 e. The van der Waals surface area contributed by atoms with Gasteiger partial charge in [-0.3, -0.25) is 18.9 Å². The Labute approximate surface area is 258 Å². The second-order valence-electron chi connectivity index (χ2n) is 10.8. The zero-order chi connectivity index (χ0) is 29.9. The van der Waals surface area contributed by atoms with Gasteiger partial charge in [0.25, 0.3) is 11.5 Å². The van der Waals surface area contributed by atoms with E-state index in [2.05, 4.69) is 6.92 Å². The molecule has 9 nitrogen and oxygen atoms in total. The molecular weight excluding hydrogens is 571 g/mol. The number of fused-ring (bicyclic) bond motifs is 1. The van der Waals surface area contributed by atoms with E-state index >= 15 is 0 Å². The number of hydrogen-bond acceptors (Lipinski definition) is 8. The summed E-state index contributed by atoms with van der Waals surface area (Å²) in [6.45, 7) is 6.84. The van der Waals surface area contributed by atoms with E-state index in [1.165, 1.54) is 67.5 Å². The number of aromatic nitrogens is 2. The van der Waals surface area contributed by atoms with Gasteiger partial charge in [-0.1, -0.05) is 94.8 Å². The van der Waals surface area contributed by atoms with Crippen LogP contribution < -0.4 is 10.5 Å². The van der Waals surface area contributed by atoms with Gasteiger partial charge in [-0.15, -0.1) is 0 Å². The highest BCUT2D eigenvalue weighted by atomic mass is 32.2. The lowest BCUT2D eigenvalue weighted by atomic mass is 10.1. The Hall–Kier alpha value is -2.92. The first-order valence-electron chi connectivity index (χ1n) is 15.4. The van der Waals surface area contributed by atoms with Crippen molar-refractivity contribution in [1.29, 1.82) is 0 Å². The maximum atomic E-state index is 13.7. The van der Waals surface area contributed by atoms with Crippen LogP contribution in [0.2, 0.25) is 0 Å². The number of ether oxygens (including phenoxy) is 1. The Kier molecular flexibility index (Phi) is 12.2. The molecule has 2 fully saturated rings. The lowest BCUT2D eigenvalue weighted by molar-refractivity contribution is -0.122. The molecule has 0 unspecified atom stereocenters. The number of nitrogens with zero attached hydrogens (tertiary/aromatic N) is 5.